The lowest BCUT2D eigenvalue weighted by molar-refractivity contribution is -0.137. The van der Waals surface area contributed by atoms with E-state index < -0.39 is 11.7 Å². The van der Waals surface area contributed by atoms with Crippen molar-refractivity contribution in [3.63, 3.8) is 0 Å². The van der Waals surface area contributed by atoms with E-state index in [1.807, 2.05) is 53.1 Å². The van der Waals surface area contributed by atoms with Crippen LogP contribution in [0.4, 0.5) is 19.1 Å². The molecule has 5 rings (SSSR count). The summed E-state index contributed by atoms with van der Waals surface area (Å²) in [6.45, 7) is 1.97. The molecule has 2 aromatic carbocycles. The first-order chi connectivity index (χ1) is 16.5. The lowest BCUT2D eigenvalue weighted by Gasteiger charge is -2.24. The molecule has 3 heterocycles. The fourth-order valence-corrected chi connectivity index (χ4v) is 4.15. The topological polar surface area (TPSA) is 63.5 Å². The molecule has 1 aliphatic rings. The second-order valence-electron chi connectivity index (χ2n) is 8.31. The number of hydrogen-bond acceptors (Lipinski definition) is 5. The first-order valence-corrected chi connectivity index (χ1v) is 11.2. The molecule has 1 unspecified atom stereocenters. The van der Waals surface area contributed by atoms with Gasteiger partial charge in [-0.05, 0) is 55.3 Å². The molecule has 0 spiro atoms. The molecule has 0 radical (unpaired) electrons. The van der Waals surface area contributed by atoms with Crippen LogP contribution in [0.15, 0.2) is 66.9 Å². The van der Waals surface area contributed by atoms with Gasteiger partial charge in [0.05, 0.1) is 11.1 Å². The summed E-state index contributed by atoms with van der Waals surface area (Å²) in [5.74, 6) is 0.699. The average Bonchev–Trinajstić information content (AvgIpc) is 3.34. The van der Waals surface area contributed by atoms with Crippen molar-refractivity contribution in [3.05, 3.63) is 78.0 Å². The summed E-state index contributed by atoms with van der Waals surface area (Å²) < 4.78 is 48.1. The zero-order chi connectivity index (χ0) is 23.5. The van der Waals surface area contributed by atoms with Crippen molar-refractivity contribution in [1.82, 2.24) is 19.9 Å². The van der Waals surface area contributed by atoms with Gasteiger partial charge in [-0.25, -0.2) is 0 Å². The van der Waals surface area contributed by atoms with Gasteiger partial charge in [0.1, 0.15) is 18.1 Å². The molecule has 1 atom stereocenters. The number of piperidine rings is 1. The quantitative estimate of drug-likeness (QED) is 0.359. The molecule has 0 amide bonds. The fourth-order valence-electron chi connectivity index (χ4n) is 4.15. The van der Waals surface area contributed by atoms with Crippen LogP contribution in [-0.2, 0) is 12.8 Å². The number of ether oxygens (including phenoxy) is 1. The zero-order valence-corrected chi connectivity index (χ0v) is 19.6. The van der Waals surface area contributed by atoms with Crippen LogP contribution in [0.5, 0.6) is 5.75 Å². The molecule has 2 aromatic heterocycles. The fraction of sp³-hybridized carbons (Fsp3) is 0.280. The highest BCUT2D eigenvalue weighted by atomic mass is 35.5. The number of alkyl halides is 3. The van der Waals surface area contributed by atoms with Crippen molar-refractivity contribution < 1.29 is 17.9 Å². The Labute approximate surface area is 206 Å². The van der Waals surface area contributed by atoms with Crippen LogP contribution in [-0.4, -0.2) is 33.7 Å². The van der Waals surface area contributed by atoms with E-state index in [0.29, 0.717) is 17.2 Å². The Balaban J connectivity index is 0.00000289. The maximum Gasteiger partial charge on any atom is 0.416 e. The van der Waals surface area contributed by atoms with Crippen molar-refractivity contribution in [3.8, 4) is 17.0 Å². The van der Waals surface area contributed by atoms with E-state index in [0.717, 1.165) is 49.1 Å². The molecular formula is C25H25ClF3N5O. The minimum absolute atomic E-state index is 0. The summed E-state index contributed by atoms with van der Waals surface area (Å²) >= 11 is 0. The van der Waals surface area contributed by atoms with E-state index in [1.165, 1.54) is 6.07 Å². The van der Waals surface area contributed by atoms with Crippen LogP contribution in [0.25, 0.3) is 16.8 Å². The highest BCUT2D eigenvalue weighted by Crippen LogP contribution is 2.38. The van der Waals surface area contributed by atoms with Crippen LogP contribution >= 0.6 is 12.4 Å². The molecule has 0 bridgehead atoms. The Kier molecular flexibility index (Phi) is 7.47. The summed E-state index contributed by atoms with van der Waals surface area (Å²) in [6, 6.07) is 16.7. The lowest BCUT2D eigenvalue weighted by Crippen LogP contribution is -2.39. The van der Waals surface area contributed by atoms with Crippen LogP contribution in [0.2, 0.25) is 0 Å². The number of nitrogens with zero attached hydrogens (tertiary/aromatic N) is 3. The van der Waals surface area contributed by atoms with Crippen LogP contribution in [0.3, 0.4) is 0 Å². The van der Waals surface area contributed by atoms with Gasteiger partial charge in [-0.15, -0.1) is 22.6 Å². The lowest BCUT2D eigenvalue weighted by atomic mass is 10.1. The van der Waals surface area contributed by atoms with E-state index in [4.69, 9.17) is 4.74 Å². The van der Waals surface area contributed by atoms with Gasteiger partial charge in [-0.3, -0.25) is 4.40 Å². The number of halogens is 4. The monoisotopic (exact) mass is 503 g/mol. The molecule has 1 aliphatic heterocycles. The molecule has 1 saturated heterocycles. The molecular weight excluding hydrogens is 479 g/mol. The summed E-state index contributed by atoms with van der Waals surface area (Å²) in [4.78, 5) is 0. The van der Waals surface area contributed by atoms with Gasteiger partial charge < -0.3 is 15.4 Å². The van der Waals surface area contributed by atoms with E-state index in [-0.39, 0.29) is 30.8 Å². The van der Waals surface area contributed by atoms with E-state index >= 15 is 0 Å². The number of nitrogens with one attached hydrogen (secondary N) is 2. The Morgan fingerprint density at radius 2 is 1.89 bits per heavy atom. The number of aromatic nitrogens is 3. The van der Waals surface area contributed by atoms with Gasteiger partial charge in [0.2, 0.25) is 5.95 Å². The predicted octanol–water partition coefficient (Wildman–Crippen LogP) is 5.58. The minimum atomic E-state index is -4.48. The molecule has 0 aliphatic carbocycles. The number of hydrogen-bond donors (Lipinski definition) is 2. The highest BCUT2D eigenvalue weighted by Gasteiger charge is 2.32. The van der Waals surface area contributed by atoms with E-state index in [9.17, 15) is 13.2 Å². The van der Waals surface area contributed by atoms with Gasteiger partial charge in [0.25, 0.3) is 0 Å². The normalized spacial score (nSPS) is 16.0. The summed E-state index contributed by atoms with van der Waals surface area (Å²) in [5, 5.41) is 15.6. The number of fused-ring (bicyclic) bond motifs is 1. The molecule has 184 valence electrons. The maximum atomic E-state index is 13.4. The SMILES string of the molecule is Cl.FC(F)(F)c1ccc(-c2nnc(NC3CCCNC3)n3cccc23)c(OCc2ccccc2)c1. The van der Waals surface area contributed by atoms with Gasteiger partial charge in [0, 0.05) is 24.3 Å². The smallest absolute Gasteiger partial charge is 0.416 e. The number of anilines is 1. The Hall–Kier alpha value is -3.30. The Morgan fingerprint density at radius 1 is 1.06 bits per heavy atom. The van der Waals surface area contributed by atoms with Gasteiger partial charge in [-0.2, -0.15) is 13.2 Å². The standard InChI is InChI=1S/C25H24F3N5O.ClH/c26-25(27,28)18-10-11-20(22(14-18)34-16-17-6-2-1-3-7-17)23-21-9-5-13-33(21)24(32-31-23)30-19-8-4-12-29-15-19;/h1-3,5-7,9-11,13-14,19,29H,4,8,12,15-16H2,(H,30,32);1H. The van der Waals surface area contributed by atoms with Gasteiger partial charge in [-0.1, -0.05) is 30.3 Å². The predicted molar refractivity (Wildman–Crippen MR) is 131 cm³/mol. The van der Waals surface area contributed by atoms with Crippen molar-refractivity contribution >= 4 is 23.9 Å². The van der Waals surface area contributed by atoms with E-state index in [2.05, 4.69) is 20.8 Å². The van der Waals surface area contributed by atoms with Crippen LogP contribution in [0.1, 0.15) is 24.0 Å². The number of rotatable bonds is 6. The summed E-state index contributed by atoms with van der Waals surface area (Å²) in [7, 11) is 0. The third-order valence-corrected chi connectivity index (χ3v) is 5.90. The molecule has 35 heavy (non-hydrogen) atoms. The Morgan fingerprint density at radius 3 is 2.63 bits per heavy atom. The molecule has 1 fully saturated rings. The second kappa shape index (κ2) is 10.5. The van der Waals surface area contributed by atoms with Crippen molar-refractivity contribution in [2.75, 3.05) is 18.4 Å². The molecule has 6 nitrogen and oxygen atoms in total. The third-order valence-electron chi connectivity index (χ3n) is 5.90. The number of benzene rings is 2. The van der Waals surface area contributed by atoms with Crippen LogP contribution < -0.4 is 15.4 Å². The van der Waals surface area contributed by atoms with E-state index in [1.54, 1.807) is 0 Å². The van der Waals surface area contributed by atoms with Gasteiger partial charge >= 0.3 is 6.18 Å². The average molecular weight is 504 g/mol. The Bertz CT molecular complexity index is 1270. The molecule has 2 N–H and O–H groups in total. The molecule has 4 aromatic rings. The van der Waals surface area contributed by atoms with Gasteiger partial charge in [0.15, 0.2) is 0 Å². The van der Waals surface area contributed by atoms with Crippen molar-refractivity contribution in [1.29, 1.82) is 0 Å². The van der Waals surface area contributed by atoms with Crippen molar-refractivity contribution in [2.24, 2.45) is 0 Å². The highest BCUT2D eigenvalue weighted by molar-refractivity contribution is 5.85. The largest absolute Gasteiger partial charge is 0.488 e. The molecule has 10 heteroatoms. The first kappa shape index (κ1) is 24.8. The third kappa shape index (κ3) is 5.52. The summed E-state index contributed by atoms with van der Waals surface area (Å²) in [6.07, 6.45) is -0.525. The summed E-state index contributed by atoms with van der Waals surface area (Å²) in [5.41, 5.74) is 1.71. The van der Waals surface area contributed by atoms with Crippen LogP contribution in [0, 0.1) is 0 Å². The minimum Gasteiger partial charge on any atom is -0.488 e. The van der Waals surface area contributed by atoms with Crippen molar-refractivity contribution in [2.45, 2.75) is 31.7 Å². The second-order valence-corrected chi connectivity index (χ2v) is 8.31. The zero-order valence-electron chi connectivity index (χ0n) is 18.8. The first-order valence-electron chi connectivity index (χ1n) is 11.2. The molecule has 0 saturated carbocycles. The maximum absolute atomic E-state index is 13.4.